The second kappa shape index (κ2) is 6.02. The highest BCUT2D eigenvalue weighted by Gasteiger charge is 2.40. The highest BCUT2D eigenvalue weighted by molar-refractivity contribution is 5.57. The van der Waals surface area contributed by atoms with Gasteiger partial charge in [-0.25, -0.2) is 8.78 Å². The van der Waals surface area contributed by atoms with Gasteiger partial charge in [-0.3, -0.25) is 0 Å². The summed E-state index contributed by atoms with van der Waals surface area (Å²) in [5.74, 6) is -1.08. The summed E-state index contributed by atoms with van der Waals surface area (Å²) in [6.45, 7) is 0. The van der Waals surface area contributed by atoms with E-state index in [1.165, 1.54) is 24.3 Å². The molecule has 3 aromatic carbocycles. The highest BCUT2D eigenvalue weighted by Crippen LogP contribution is 2.40. The molecule has 0 aromatic heterocycles. The fraction of sp³-hybridized carbons (Fsp3) is 0.0500. The standard InChI is InChI=1S/C20H13F2N/c21-18-12-6-4-10-16(18)20(14-23,15-8-2-1-3-9-15)17-11-5-7-13-19(17)22/h1-13H. The van der Waals surface area contributed by atoms with Crippen molar-refractivity contribution in [3.63, 3.8) is 0 Å². The van der Waals surface area contributed by atoms with E-state index in [1.807, 2.05) is 0 Å². The summed E-state index contributed by atoms with van der Waals surface area (Å²) in [5.41, 5.74) is -0.742. The number of benzene rings is 3. The maximum atomic E-state index is 14.5. The van der Waals surface area contributed by atoms with Crippen molar-refractivity contribution >= 4 is 0 Å². The van der Waals surface area contributed by atoms with Gasteiger partial charge in [0.15, 0.2) is 0 Å². The first-order valence-corrected chi connectivity index (χ1v) is 7.17. The molecule has 0 atom stereocenters. The van der Waals surface area contributed by atoms with Crippen molar-refractivity contribution in [3.8, 4) is 6.07 Å². The molecule has 1 nitrogen and oxygen atoms in total. The van der Waals surface area contributed by atoms with Gasteiger partial charge in [0.2, 0.25) is 0 Å². The van der Waals surface area contributed by atoms with Crippen LogP contribution in [0.3, 0.4) is 0 Å². The zero-order chi connectivity index (χ0) is 16.3. The zero-order valence-corrected chi connectivity index (χ0v) is 12.2. The van der Waals surface area contributed by atoms with Crippen LogP contribution in [-0.2, 0) is 5.41 Å². The molecule has 0 saturated carbocycles. The van der Waals surface area contributed by atoms with E-state index in [-0.39, 0.29) is 11.1 Å². The van der Waals surface area contributed by atoms with Gasteiger partial charge in [-0.15, -0.1) is 0 Å². The minimum absolute atomic E-state index is 0.138. The van der Waals surface area contributed by atoms with Crippen LogP contribution in [0.2, 0.25) is 0 Å². The van der Waals surface area contributed by atoms with Crippen LogP contribution < -0.4 is 0 Å². The summed E-state index contributed by atoms with van der Waals surface area (Å²) in [6.07, 6.45) is 0. The molecule has 23 heavy (non-hydrogen) atoms. The lowest BCUT2D eigenvalue weighted by atomic mass is 9.70. The molecular weight excluding hydrogens is 292 g/mol. The lowest BCUT2D eigenvalue weighted by Crippen LogP contribution is -2.30. The number of halogens is 2. The second-order valence-electron chi connectivity index (χ2n) is 5.19. The normalized spacial score (nSPS) is 11.0. The van der Waals surface area contributed by atoms with Gasteiger partial charge in [-0.1, -0.05) is 66.7 Å². The van der Waals surface area contributed by atoms with E-state index in [2.05, 4.69) is 6.07 Å². The fourth-order valence-corrected chi connectivity index (χ4v) is 2.86. The van der Waals surface area contributed by atoms with Crippen molar-refractivity contribution in [1.29, 1.82) is 5.26 Å². The van der Waals surface area contributed by atoms with Gasteiger partial charge in [0.25, 0.3) is 0 Å². The van der Waals surface area contributed by atoms with E-state index in [0.29, 0.717) is 5.56 Å². The summed E-state index contributed by atoms with van der Waals surface area (Å²) in [6, 6.07) is 22.9. The molecule has 112 valence electrons. The van der Waals surface area contributed by atoms with Crippen molar-refractivity contribution in [1.82, 2.24) is 0 Å². The topological polar surface area (TPSA) is 23.8 Å². The van der Waals surface area contributed by atoms with E-state index in [0.717, 1.165) is 0 Å². The van der Waals surface area contributed by atoms with Crippen LogP contribution in [0, 0.1) is 23.0 Å². The first kappa shape index (κ1) is 14.9. The number of nitriles is 1. The number of hydrogen-bond acceptors (Lipinski definition) is 1. The molecule has 0 spiro atoms. The lowest BCUT2D eigenvalue weighted by Gasteiger charge is -2.29. The van der Waals surface area contributed by atoms with E-state index in [1.54, 1.807) is 54.6 Å². The predicted octanol–water partition coefficient (Wildman–Crippen LogP) is 4.82. The molecule has 0 unspecified atom stereocenters. The molecule has 0 aliphatic heterocycles. The summed E-state index contributed by atoms with van der Waals surface area (Å²) >= 11 is 0. The molecule has 3 rings (SSSR count). The Morgan fingerprint density at radius 2 is 1.09 bits per heavy atom. The fourth-order valence-electron chi connectivity index (χ4n) is 2.86. The van der Waals surface area contributed by atoms with Gasteiger partial charge in [0.1, 0.15) is 17.0 Å². The molecule has 3 heteroatoms. The first-order valence-electron chi connectivity index (χ1n) is 7.17. The molecular formula is C20H13F2N. The second-order valence-corrected chi connectivity index (χ2v) is 5.19. The predicted molar refractivity (Wildman–Crippen MR) is 84.7 cm³/mol. The molecule has 0 amide bonds. The maximum absolute atomic E-state index is 14.5. The average Bonchev–Trinajstić information content (AvgIpc) is 2.60. The van der Waals surface area contributed by atoms with Crippen molar-refractivity contribution in [2.75, 3.05) is 0 Å². The van der Waals surface area contributed by atoms with Gasteiger partial charge in [-0.05, 0) is 17.7 Å². The third-order valence-corrected chi connectivity index (χ3v) is 3.93. The average molecular weight is 305 g/mol. The van der Waals surface area contributed by atoms with Crippen LogP contribution in [0.25, 0.3) is 0 Å². The van der Waals surface area contributed by atoms with E-state index < -0.39 is 17.0 Å². The SMILES string of the molecule is N#CC(c1ccccc1)(c1ccccc1F)c1ccccc1F. The smallest absolute Gasteiger partial charge is 0.138 e. The number of nitrogens with zero attached hydrogens (tertiary/aromatic N) is 1. The van der Waals surface area contributed by atoms with Gasteiger partial charge < -0.3 is 0 Å². The molecule has 3 aromatic rings. The van der Waals surface area contributed by atoms with Crippen LogP contribution in [0.5, 0.6) is 0 Å². The van der Waals surface area contributed by atoms with E-state index in [9.17, 15) is 14.0 Å². The summed E-state index contributed by atoms with van der Waals surface area (Å²) in [4.78, 5) is 0. The molecule has 0 radical (unpaired) electrons. The first-order chi connectivity index (χ1) is 11.2. The third-order valence-electron chi connectivity index (χ3n) is 3.93. The van der Waals surface area contributed by atoms with Crippen molar-refractivity contribution in [2.45, 2.75) is 5.41 Å². The maximum Gasteiger partial charge on any atom is 0.138 e. The molecule has 0 aliphatic rings. The van der Waals surface area contributed by atoms with Gasteiger partial charge in [0, 0.05) is 11.1 Å². The molecule has 0 N–H and O–H groups in total. The van der Waals surface area contributed by atoms with Gasteiger partial charge in [-0.2, -0.15) is 5.26 Å². The monoisotopic (exact) mass is 305 g/mol. The molecule has 0 heterocycles. The third kappa shape index (κ3) is 2.39. The number of hydrogen-bond donors (Lipinski definition) is 0. The van der Waals surface area contributed by atoms with Crippen molar-refractivity contribution in [3.05, 3.63) is 107 Å². The summed E-state index contributed by atoms with van der Waals surface area (Å²) in [7, 11) is 0. The Hall–Kier alpha value is -2.99. The Bertz CT molecular complexity index is 821. The Morgan fingerprint density at radius 3 is 1.52 bits per heavy atom. The van der Waals surface area contributed by atoms with E-state index >= 15 is 0 Å². The highest BCUT2D eigenvalue weighted by atomic mass is 19.1. The molecule has 0 bridgehead atoms. The minimum Gasteiger partial charge on any atom is -0.207 e. The van der Waals surface area contributed by atoms with E-state index in [4.69, 9.17) is 0 Å². The Balaban J connectivity index is 2.42. The number of rotatable bonds is 3. The van der Waals surface area contributed by atoms with Crippen molar-refractivity contribution < 1.29 is 8.78 Å². The Morgan fingerprint density at radius 1 is 0.652 bits per heavy atom. The summed E-state index contributed by atoms with van der Waals surface area (Å²) in [5, 5.41) is 10.0. The zero-order valence-electron chi connectivity index (χ0n) is 12.2. The van der Waals surface area contributed by atoms with Gasteiger partial charge in [0.05, 0.1) is 6.07 Å². The Labute approximate surface area is 133 Å². The minimum atomic E-state index is -1.54. The van der Waals surface area contributed by atoms with Crippen LogP contribution in [0.4, 0.5) is 8.78 Å². The van der Waals surface area contributed by atoms with Crippen LogP contribution in [0.1, 0.15) is 16.7 Å². The Kier molecular flexibility index (Phi) is 3.91. The van der Waals surface area contributed by atoms with Gasteiger partial charge >= 0.3 is 0 Å². The van der Waals surface area contributed by atoms with Crippen LogP contribution in [-0.4, -0.2) is 0 Å². The van der Waals surface area contributed by atoms with Crippen molar-refractivity contribution in [2.24, 2.45) is 0 Å². The molecule has 0 saturated heterocycles. The molecule has 0 fully saturated rings. The molecule has 0 aliphatic carbocycles. The summed E-state index contributed by atoms with van der Waals surface area (Å²) < 4.78 is 29.0. The van der Waals surface area contributed by atoms with Crippen LogP contribution >= 0.6 is 0 Å². The van der Waals surface area contributed by atoms with Crippen LogP contribution in [0.15, 0.2) is 78.9 Å². The largest absolute Gasteiger partial charge is 0.207 e. The lowest BCUT2D eigenvalue weighted by molar-refractivity contribution is 0.561. The quantitative estimate of drug-likeness (QED) is 0.636.